The Bertz CT molecular complexity index is 672. The van der Waals surface area contributed by atoms with Crippen molar-refractivity contribution >= 4 is 5.91 Å². The van der Waals surface area contributed by atoms with Crippen LogP contribution >= 0.6 is 0 Å². The Morgan fingerprint density at radius 2 is 1.71 bits per heavy atom. The second-order valence-electron chi connectivity index (χ2n) is 4.85. The van der Waals surface area contributed by atoms with E-state index in [1.807, 2.05) is 24.3 Å². The van der Waals surface area contributed by atoms with Crippen LogP contribution in [0.3, 0.4) is 0 Å². The van der Waals surface area contributed by atoms with Crippen molar-refractivity contribution < 1.29 is 18.0 Å². The van der Waals surface area contributed by atoms with E-state index in [-0.39, 0.29) is 0 Å². The molecule has 0 N–H and O–H groups in total. The van der Waals surface area contributed by atoms with E-state index in [0.717, 1.165) is 29.6 Å². The molecule has 3 rings (SSSR count). The number of carbonyl (C=O) groups is 1. The van der Waals surface area contributed by atoms with Crippen molar-refractivity contribution in [2.24, 2.45) is 0 Å². The molecule has 0 unspecified atom stereocenters. The smallest absolute Gasteiger partial charge is 0.330 e. The highest BCUT2D eigenvalue weighted by Gasteiger charge is 2.37. The molecule has 0 atom stereocenters. The molecular weight excluding hydrogens is 281 g/mol. The van der Waals surface area contributed by atoms with Gasteiger partial charge in [0.25, 0.3) is 5.91 Å². The number of fused-ring (bicyclic) bond motifs is 1. The number of halogens is 3. The average molecular weight is 292 g/mol. The minimum atomic E-state index is -4.57. The first-order valence-corrected chi connectivity index (χ1v) is 6.34. The van der Waals surface area contributed by atoms with Crippen LogP contribution in [0.1, 0.15) is 27.0 Å². The van der Waals surface area contributed by atoms with E-state index in [9.17, 15) is 18.0 Å². The van der Waals surface area contributed by atoms with Gasteiger partial charge in [-0.15, -0.1) is 0 Å². The largest absolute Gasteiger partial charge is 0.417 e. The highest BCUT2D eigenvalue weighted by molar-refractivity contribution is 5.95. The van der Waals surface area contributed by atoms with Crippen LogP contribution in [0.25, 0.3) is 0 Å². The van der Waals surface area contributed by atoms with Gasteiger partial charge in [0, 0.05) is 25.5 Å². The molecule has 1 aromatic heterocycles. The molecule has 6 heteroatoms. The molecule has 3 nitrogen and oxygen atoms in total. The van der Waals surface area contributed by atoms with Crippen LogP contribution in [0.15, 0.2) is 42.7 Å². The van der Waals surface area contributed by atoms with Gasteiger partial charge >= 0.3 is 6.18 Å². The number of amides is 1. The Morgan fingerprint density at radius 3 is 2.29 bits per heavy atom. The number of carbonyl (C=O) groups excluding carboxylic acids is 1. The normalized spacial score (nSPS) is 14.1. The number of pyridine rings is 1. The molecule has 0 radical (unpaired) electrons. The lowest BCUT2D eigenvalue weighted by molar-refractivity contribution is -0.138. The number of nitrogens with zero attached hydrogens (tertiary/aromatic N) is 2. The SMILES string of the molecule is O=C(c1cnccc1C(F)(F)F)N1Cc2ccccc2C1. The van der Waals surface area contributed by atoms with E-state index >= 15 is 0 Å². The van der Waals surface area contributed by atoms with E-state index in [1.165, 1.54) is 4.90 Å². The minimum Gasteiger partial charge on any atom is -0.330 e. The van der Waals surface area contributed by atoms with E-state index in [2.05, 4.69) is 4.98 Å². The maximum absolute atomic E-state index is 13.0. The standard InChI is InChI=1S/C15H11F3N2O/c16-15(17,18)13-5-6-19-7-12(13)14(21)20-8-10-3-1-2-4-11(10)9-20/h1-7H,8-9H2. The van der Waals surface area contributed by atoms with Gasteiger partial charge in [-0.3, -0.25) is 9.78 Å². The lowest BCUT2D eigenvalue weighted by Crippen LogP contribution is -2.28. The van der Waals surface area contributed by atoms with Crippen molar-refractivity contribution in [1.29, 1.82) is 0 Å². The summed E-state index contributed by atoms with van der Waals surface area (Å²) in [6.45, 7) is 0.641. The van der Waals surface area contributed by atoms with Crippen LogP contribution in [0, 0.1) is 0 Å². The van der Waals surface area contributed by atoms with Crippen LogP contribution in [0.2, 0.25) is 0 Å². The Labute approximate surface area is 119 Å². The van der Waals surface area contributed by atoms with Gasteiger partial charge in [-0.2, -0.15) is 13.2 Å². The molecule has 0 saturated carbocycles. The number of alkyl halides is 3. The van der Waals surface area contributed by atoms with E-state index in [4.69, 9.17) is 0 Å². The minimum absolute atomic E-state index is 0.321. The Kier molecular flexibility index (Phi) is 3.16. The lowest BCUT2D eigenvalue weighted by atomic mass is 10.1. The number of benzene rings is 1. The molecule has 1 aromatic carbocycles. The van der Waals surface area contributed by atoms with Crippen molar-refractivity contribution in [2.75, 3.05) is 0 Å². The van der Waals surface area contributed by atoms with E-state index in [1.54, 1.807) is 0 Å². The van der Waals surface area contributed by atoms with Crippen molar-refractivity contribution in [3.63, 3.8) is 0 Å². The first kappa shape index (κ1) is 13.6. The van der Waals surface area contributed by atoms with Crippen LogP contribution in [-0.2, 0) is 19.3 Å². The average Bonchev–Trinajstić information content (AvgIpc) is 2.89. The van der Waals surface area contributed by atoms with Gasteiger partial charge < -0.3 is 4.90 Å². The highest BCUT2D eigenvalue weighted by Crippen LogP contribution is 2.33. The third kappa shape index (κ3) is 2.49. The first-order chi connectivity index (χ1) is 9.97. The van der Waals surface area contributed by atoms with E-state index < -0.39 is 23.2 Å². The quantitative estimate of drug-likeness (QED) is 0.808. The van der Waals surface area contributed by atoms with Gasteiger partial charge in [-0.25, -0.2) is 0 Å². The molecule has 0 fully saturated rings. The maximum Gasteiger partial charge on any atom is 0.417 e. The summed E-state index contributed by atoms with van der Waals surface area (Å²) in [5.41, 5.74) is 0.572. The second-order valence-corrected chi connectivity index (χ2v) is 4.85. The van der Waals surface area contributed by atoms with E-state index in [0.29, 0.717) is 13.1 Å². The number of rotatable bonds is 1. The molecule has 0 aliphatic carbocycles. The zero-order chi connectivity index (χ0) is 15.0. The summed E-state index contributed by atoms with van der Waals surface area (Å²) in [7, 11) is 0. The summed E-state index contributed by atoms with van der Waals surface area (Å²) in [6, 6.07) is 8.26. The molecule has 0 spiro atoms. The predicted octanol–water partition coefficient (Wildman–Crippen LogP) is 3.26. The van der Waals surface area contributed by atoms with Crippen molar-refractivity contribution in [1.82, 2.24) is 9.88 Å². The van der Waals surface area contributed by atoms with Crippen LogP contribution in [0.5, 0.6) is 0 Å². The zero-order valence-corrected chi connectivity index (χ0v) is 10.9. The highest BCUT2D eigenvalue weighted by atomic mass is 19.4. The summed E-state index contributed by atoms with van der Waals surface area (Å²) in [6.07, 6.45) is -2.55. The van der Waals surface area contributed by atoms with Crippen molar-refractivity contribution in [3.8, 4) is 0 Å². The number of aromatic nitrogens is 1. The number of hydrogen-bond donors (Lipinski definition) is 0. The fourth-order valence-electron chi connectivity index (χ4n) is 2.46. The maximum atomic E-state index is 13.0. The molecule has 1 amide bonds. The Morgan fingerprint density at radius 1 is 1.10 bits per heavy atom. The summed E-state index contributed by atoms with van der Waals surface area (Å²) < 4.78 is 38.9. The lowest BCUT2D eigenvalue weighted by Gasteiger charge is -2.18. The van der Waals surface area contributed by atoms with Crippen molar-refractivity contribution in [3.05, 3.63) is 65.0 Å². The van der Waals surface area contributed by atoms with Crippen LogP contribution in [0.4, 0.5) is 13.2 Å². The molecule has 0 bridgehead atoms. The zero-order valence-electron chi connectivity index (χ0n) is 10.9. The van der Waals surface area contributed by atoms with Gasteiger partial charge in [0.2, 0.25) is 0 Å². The second kappa shape index (κ2) is 4.87. The third-order valence-corrected chi connectivity index (χ3v) is 3.48. The summed E-state index contributed by atoms with van der Waals surface area (Å²) in [4.78, 5) is 17.4. The summed E-state index contributed by atoms with van der Waals surface area (Å²) in [5, 5.41) is 0. The molecular formula is C15H11F3N2O. The fourth-order valence-corrected chi connectivity index (χ4v) is 2.46. The van der Waals surface area contributed by atoms with Gasteiger partial charge in [0.15, 0.2) is 0 Å². The molecule has 21 heavy (non-hydrogen) atoms. The fraction of sp³-hybridized carbons (Fsp3) is 0.200. The topological polar surface area (TPSA) is 33.2 Å². The summed E-state index contributed by atoms with van der Waals surface area (Å²) in [5.74, 6) is -0.647. The predicted molar refractivity (Wildman–Crippen MR) is 69.3 cm³/mol. The van der Waals surface area contributed by atoms with Crippen LogP contribution < -0.4 is 0 Å². The van der Waals surface area contributed by atoms with Gasteiger partial charge in [0.05, 0.1) is 11.1 Å². The summed E-state index contributed by atoms with van der Waals surface area (Å²) >= 11 is 0. The molecule has 2 aromatic rings. The first-order valence-electron chi connectivity index (χ1n) is 6.34. The molecule has 2 heterocycles. The monoisotopic (exact) mass is 292 g/mol. The Hall–Kier alpha value is -2.37. The Balaban J connectivity index is 1.92. The molecule has 1 aliphatic rings. The van der Waals surface area contributed by atoms with Crippen molar-refractivity contribution in [2.45, 2.75) is 19.3 Å². The van der Waals surface area contributed by atoms with Crippen LogP contribution in [-0.4, -0.2) is 15.8 Å². The molecule has 108 valence electrons. The molecule has 1 aliphatic heterocycles. The van der Waals surface area contributed by atoms with Gasteiger partial charge in [0.1, 0.15) is 0 Å². The third-order valence-electron chi connectivity index (χ3n) is 3.48. The van der Waals surface area contributed by atoms with Gasteiger partial charge in [-0.1, -0.05) is 24.3 Å². The molecule has 0 saturated heterocycles. The van der Waals surface area contributed by atoms with Gasteiger partial charge in [-0.05, 0) is 17.2 Å². The number of hydrogen-bond acceptors (Lipinski definition) is 2.